The van der Waals surface area contributed by atoms with Crippen molar-refractivity contribution in [2.45, 2.75) is 26.2 Å². The summed E-state index contributed by atoms with van der Waals surface area (Å²) in [4.78, 5) is 11.0. The van der Waals surface area contributed by atoms with Gasteiger partial charge in [-0.05, 0) is 11.8 Å². The molecule has 0 radical (unpaired) electrons. The number of hydrogen-bond donors (Lipinski definition) is 0. The van der Waals surface area contributed by atoms with E-state index in [-0.39, 0.29) is 17.3 Å². The average Bonchev–Trinajstić information content (AvgIpc) is 2.69. The minimum Gasteiger partial charge on any atom is -0.365 e. The molecular weight excluding hydrogens is 190 g/mol. The van der Waals surface area contributed by atoms with Crippen molar-refractivity contribution in [3.8, 4) is 0 Å². The van der Waals surface area contributed by atoms with Crippen LogP contribution in [0.15, 0.2) is 29.0 Å². The molecule has 0 N–H and O–H groups in total. The Hall–Kier alpha value is -1.38. The highest BCUT2D eigenvalue weighted by Crippen LogP contribution is 2.41. The third kappa shape index (κ3) is 2.01. The highest BCUT2D eigenvalue weighted by molar-refractivity contribution is 5.59. The van der Waals surface area contributed by atoms with Crippen molar-refractivity contribution in [3.05, 3.63) is 30.2 Å². The molecule has 1 aromatic heterocycles. The fraction of sp³-hybridized carbons (Fsp3) is 0.500. The van der Waals surface area contributed by atoms with Crippen LogP contribution in [0.3, 0.4) is 0 Å². The molecule has 1 aromatic rings. The van der Waals surface area contributed by atoms with Gasteiger partial charge in [0.05, 0.1) is 5.69 Å². The number of nitrogens with zero attached hydrogens (tertiary/aromatic N) is 1. The van der Waals surface area contributed by atoms with E-state index in [9.17, 15) is 4.79 Å². The van der Waals surface area contributed by atoms with Crippen LogP contribution >= 0.6 is 0 Å². The van der Waals surface area contributed by atoms with Crippen molar-refractivity contribution >= 4 is 6.29 Å². The second kappa shape index (κ2) is 3.65. The van der Waals surface area contributed by atoms with Crippen molar-refractivity contribution < 1.29 is 9.32 Å². The maximum Gasteiger partial charge on any atom is 0.127 e. The number of aldehydes is 1. The van der Waals surface area contributed by atoms with E-state index < -0.39 is 0 Å². The highest BCUT2D eigenvalue weighted by Gasteiger charge is 2.33. The zero-order valence-electron chi connectivity index (χ0n) is 9.01. The third-order valence-electron chi connectivity index (χ3n) is 2.98. The number of carbonyl (C=O) groups excluding carboxylic acids is 1. The standard InChI is InChI=1S/C12H15NO2/c1-12(2)5-3-9(8-14)10(7-12)11-4-6-15-13-11/h3-6,8-10H,7H2,1-2H3. The Morgan fingerprint density at radius 1 is 1.60 bits per heavy atom. The Labute approximate surface area is 89.1 Å². The van der Waals surface area contributed by atoms with E-state index in [2.05, 4.69) is 25.1 Å². The van der Waals surface area contributed by atoms with Crippen LogP contribution in [0.5, 0.6) is 0 Å². The van der Waals surface area contributed by atoms with Gasteiger partial charge in [-0.15, -0.1) is 0 Å². The van der Waals surface area contributed by atoms with Gasteiger partial charge in [0.25, 0.3) is 0 Å². The summed E-state index contributed by atoms with van der Waals surface area (Å²) in [6.45, 7) is 4.33. The lowest BCUT2D eigenvalue weighted by Crippen LogP contribution is -2.25. The molecule has 0 aromatic carbocycles. The fourth-order valence-electron chi connectivity index (χ4n) is 2.13. The van der Waals surface area contributed by atoms with Gasteiger partial charge < -0.3 is 9.32 Å². The van der Waals surface area contributed by atoms with Crippen molar-refractivity contribution in [3.63, 3.8) is 0 Å². The molecule has 0 fully saturated rings. The molecule has 0 spiro atoms. The largest absolute Gasteiger partial charge is 0.365 e. The van der Waals surface area contributed by atoms with Gasteiger partial charge >= 0.3 is 0 Å². The van der Waals surface area contributed by atoms with Crippen LogP contribution < -0.4 is 0 Å². The van der Waals surface area contributed by atoms with Crippen LogP contribution in [-0.2, 0) is 4.79 Å². The molecule has 1 aliphatic rings. The number of allylic oxidation sites excluding steroid dienone is 2. The summed E-state index contributed by atoms with van der Waals surface area (Å²) in [5.41, 5.74) is 1.01. The lowest BCUT2D eigenvalue weighted by atomic mass is 9.71. The minimum atomic E-state index is -0.0666. The normalized spacial score (nSPS) is 28.9. The smallest absolute Gasteiger partial charge is 0.127 e. The van der Waals surface area contributed by atoms with Crippen molar-refractivity contribution in [2.24, 2.45) is 11.3 Å². The number of carbonyl (C=O) groups is 1. The first-order valence-corrected chi connectivity index (χ1v) is 5.17. The average molecular weight is 205 g/mol. The monoisotopic (exact) mass is 205 g/mol. The first kappa shape index (κ1) is 10.1. The predicted molar refractivity (Wildman–Crippen MR) is 56.3 cm³/mol. The molecule has 80 valence electrons. The molecule has 1 heterocycles. The lowest BCUT2D eigenvalue weighted by molar-refractivity contribution is -0.110. The Morgan fingerprint density at radius 2 is 2.40 bits per heavy atom. The summed E-state index contributed by atoms with van der Waals surface area (Å²) in [5, 5.41) is 3.94. The Kier molecular flexibility index (Phi) is 2.47. The molecule has 3 nitrogen and oxygen atoms in total. The second-order valence-electron chi connectivity index (χ2n) is 4.80. The molecule has 0 amide bonds. The molecule has 2 atom stereocenters. The van der Waals surface area contributed by atoms with E-state index in [1.165, 1.54) is 0 Å². The van der Waals surface area contributed by atoms with E-state index in [1.54, 1.807) is 6.26 Å². The van der Waals surface area contributed by atoms with Crippen LogP contribution in [0.2, 0.25) is 0 Å². The van der Waals surface area contributed by atoms with Gasteiger partial charge in [0.1, 0.15) is 12.5 Å². The van der Waals surface area contributed by atoms with Gasteiger partial charge in [-0.25, -0.2) is 0 Å². The first-order chi connectivity index (χ1) is 7.12. The van der Waals surface area contributed by atoms with Crippen LogP contribution in [-0.4, -0.2) is 11.4 Å². The van der Waals surface area contributed by atoms with Crippen molar-refractivity contribution in [1.29, 1.82) is 0 Å². The molecule has 3 heteroatoms. The number of aromatic nitrogens is 1. The molecule has 2 unspecified atom stereocenters. The van der Waals surface area contributed by atoms with Crippen LogP contribution in [0.1, 0.15) is 31.9 Å². The minimum absolute atomic E-state index is 0.0666. The zero-order chi connectivity index (χ0) is 10.9. The molecular formula is C12H15NO2. The summed E-state index contributed by atoms with van der Waals surface area (Å²) < 4.78 is 4.84. The van der Waals surface area contributed by atoms with E-state index in [0.717, 1.165) is 18.4 Å². The van der Waals surface area contributed by atoms with E-state index in [4.69, 9.17) is 4.52 Å². The lowest BCUT2D eigenvalue weighted by Gasteiger charge is -2.32. The van der Waals surface area contributed by atoms with E-state index in [1.807, 2.05) is 12.1 Å². The van der Waals surface area contributed by atoms with Crippen molar-refractivity contribution in [1.82, 2.24) is 5.16 Å². The quantitative estimate of drug-likeness (QED) is 0.550. The second-order valence-corrected chi connectivity index (χ2v) is 4.80. The van der Waals surface area contributed by atoms with Crippen molar-refractivity contribution in [2.75, 3.05) is 0 Å². The predicted octanol–water partition coefficient (Wildman–Crippen LogP) is 2.56. The van der Waals surface area contributed by atoms with E-state index in [0.29, 0.717) is 0 Å². The van der Waals surface area contributed by atoms with Crippen LogP contribution in [0.4, 0.5) is 0 Å². The highest BCUT2D eigenvalue weighted by atomic mass is 16.5. The molecule has 0 saturated heterocycles. The summed E-state index contributed by atoms with van der Waals surface area (Å²) in [6.07, 6.45) is 7.57. The van der Waals surface area contributed by atoms with Gasteiger partial charge in [-0.3, -0.25) is 0 Å². The maximum atomic E-state index is 11.0. The summed E-state index contributed by atoms with van der Waals surface area (Å²) in [6, 6.07) is 1.84. The molecule has 1 aliphatic carbocycles. The first-order valence-electron chi connectivity index (χ1n) is 5.17. The summed E-state index contributed by atoms with van der Waals surface area (Å²) in [7, 11) is 0. The SMILES string of the molecule is CC1(C)C=CC(C=O)C(c2ccon2)C1. The Bertz CT molecular complexity index is 365. The van der Waals surface area contributed by atoms with Crippen LogP contribution in [0.25, 0.3) is 0 Å². The Morgan fingerprint density at radius 3 is 3.00 bits per heavy atom. The number of rotatable bonds is 2. The van der Waals surface area contributed by atoms with Gasteiger partial charge in [0, 0.05) is 17.9 Å². The maximum absolute atomic E-state index is 11.0. The molecule has 0 saturated carbocycles. The Balaban J connectivity index is 2.30. The third-order valence-corrected chi connectivity index (χ3v) is 2.98. The number of hydrogen-bond acceptors (Lipinski definition) is 3. The topological polar surface area (TPSA) is 43.1 Å². The summed E-state index contributed by atoms with van der Waals surface area (Å²) >= 11 is 0. The molecule has 0 bridgehead atoms. The zero-order valence-corrected chi connectivity index (χ0v) is 9.01. The molecule has 15 heavy (non-hydrogen) atoms. The van der Waals surface area contributed by atoms with Gasteiger partial charge in [-0.1, -0.05) is 31.2 Å². The molecule has 0 aliphatic heterocycles. The summed E-state index contributed by atoms with van der Waals surface area (Å²) in [5.74, 6) is 0.0874. The van der Waals surface area contributed by atoms with Gasteiger partial charge in [0.15, 0.2) is 0 Å². The van der Waals surface area contributed by atoms with Gasteiger partial charge in [-0.2, -0.15) is 0 Å². The fourth-order valence-corrected chi connectivity index (χ4v) is 2.13. The van der Waals surface area contributed by atoms with E-state index >= 15 is 0 Å². The van der Waals surface area contributed by atoms with Crippen LogP contribution in [0, 0.1) is 11.3 Å². The van der Waals surface area contributed by atoms with Gasteiger partial charge in [0.2, 0.25) is 0 Å². The molecule has 2 rings (SSSR count).